The normalized spacial score (nSPS) is 13.4. The van der Waals surface area contributed by atoms with Crippen LogP contribution in [0.15, 0.2) is 170 Å². The van der Waals surface area contributed by atoms with Gasteiger partial charge < -0.3 is 14.2 Å². The zero-order chi connectivity index (χ0) is 52.9. The molecule has 0 rings (SSSR count). The molecule has 0 aromatic heterocycles. The molecule has 73 heavy (non-hydrogen) atoms. The molecule has 406 valence electrons. The highest BCUT2D eigenvalue weighted by atomic mass is 16.6. The minimum atomic E-state index is -0.842. The van der Waals surface area contributed by atoms with E-state index < -0.39 is 6.10 Å². The minimum absolute atomic E-state index is 0.135. The van der Waals surface area contributed by atoms with Crippen LogP contribution < -0.4 is 0 Å². The molecule has 0 aromatic rings. The molecule has 0 heterocycles. The van der Waals surface area contributed by atoms with Crippen LogP contribution in [-0.4, -0.2) is 37.2 Å². The van der Waals surface area contributed by atoms with E-state index in [-0.39, 0.29) is 44.0 Å². The van der Waals surface area contributed by atoms with E-state index in [9.17, 15) is 14.4 Å². The number of carbonyl (C=O) groups is 3. The van der Waals surface area contributed by atoms with Gasteiger partial charge in [0, 0.05) is 19.3 Å². The minimum Gasteiger partial charge on any atom is -0.462 e. The first-order valence-electron chi connectivity index (χ1n) is 28.6. The number of ether oxygens (including phenoxy) is 3. The molecule has 6 nitrogen and oxygen atoms in total. The molecule has 6 heteroatoms. The molecule has 0 spiro atoms. The summed E-state index contributed by atoms with van der Waals surface area (Å²) >= 11 is 0. The van der Waals surface area contributed by atoms with Gasteiger partial charge >= 0.3 is 17.9 Å². The summed E-state index contributed by atoms with van der Waals surface area (Å²) in [4.78, 5) is 38.2. The van der Waals surface area contributed by atoms with Crippen molar-refractivity contribution in [3.8, 4) is 0 Å². The van der Waals surface area contributed by atoms with Crippen LogP contribution in [0.3, 0.4) is 0 Å². The van der Waals surface area contributed by atoms with E-state index in [1.54, 1.807) is 0 Å². The average molecular weight is 1000 g/mol. The summed E-state index contributed by atoms with van der Waals surface area (Å²) < 4.78 is 16.8. The highest BCUT2D eigenvalue weighted by molar-refractivity contribution is 5.71. The van der Waals surface area contributed by atoms with Gasteiger partial charge in [0.15, 0.2) is 6.10 Å². The predicted molar refractivity (Wildman–Crippen MR) is 315 cm³/mol. The lowest BCUT2D eigenvalue weighted by Gasteiger charge is -2.18. The van der Waals surface area contributed by atoms with Crippen molar-refractivity contribution in [1.29, 1.82) is 0 Å². The summed E-state index contributed by atoms with van der Waals surface area (Å²) in [5.41, 5.74) is 0. The van der Waals surface area contributed by atoms with Crippen LogP contribution in [0.5, 0.6) is 0 Å². The van der Waals surface area contributed by atoms with Crippen molar-refractivity contribution < 1.29 is 28.6 Å². The lowest BCUT2D eigenvalue weighted by molar-refractivity contribution is -0.167. The van der Waals surface area contributed by atoms with Crippen molar-refractivity contribution in [2.75, 3.05) is 13.2 Å². The van der Waals surface area contributed by atoms with Crippen LogP contribution >= 0.6 is 0 Å². The second-order valence-corrected chi connectivity index (χ2v) is 18.1. The average Bonchev–Trinajstić information content (AvgIpc) is 3.39. The van der Waals surface area contributed by atoms with Crippen LogP contribution in [0.25, 0.3) is 0 Å². The maximum absolute atomic E-state index is 12.9. The van der Waals surface area contributed by atoms with Crippen LogP contribution in [0.1, 0.15) is 213 Å². The van der Waals surface area contributed by atoms with Gasteiger partial charge in [0.05, 0.1) is 0 Å². The third kappa shape index (κ3) is 57.5. The SMILES string of the molecule is CC/C=C\C/C=C\C/C=C\C/C=C\C/C=C\CCCCCC(=O)O[C@H](COC(=O)CCC/C=C\C/C=C\C/C=C\C/C=C\C/C=C\CC)COC(=O)CCCCC/C=C\C/C=C\C/C=C\C/C=C\CCCCC. The molecule has 0 saturated heterocycles. The van der Waals surface area contributed by atoms with Gasteiger partial charge in [-0.2, -0.15) is 0 Å². The lowest BCUT2D eigenvalue weighted by atomic mass is 10.1. The first-order valence-corrected chi connectivity index (χ1v) is 28.6. The van der Waals surface area contributed by atoms with E-state index in [0.717, 1.165) is 135 Å². The van der Waals surface area contributed by atoms with E-state index in [1.807, 2.05) is 0 Å². The Bertz CT molecular complexity index is 1720. The zero-order valence-corrected chi connectivity index (χ0v) is 46.3. The molecule has 0 bridgehead atoms. The van der Waals surface area contributed by atoms with Crippen molar-refractivity contribution in [3.63, 3.8) is 0 Å². The third-order valence-electron chi connectivity index (χ3n) is 11.2. The van der Waals surface area contributed by atoms with Crippen LogP contribution in [0, 0.1) is 0 Å². The Morgan fingerprint density at radius 2 is 0.548 bits per heavy atom. The fraction of sp³-hybridized carbons (Fsp3) is 0.537. The van der Waals surface area contributed by atoms with Crippen LogP contribution in [0.4, 0.5) is 0 Å². The molecule has 0 N–H and O–H groups in total. The van der Waals surface area contributed by atoms with Gasteiger partial charge in [0.1, 0.15) is 13.2 Å². The highest BCUT2D eigenvalue weighted by Crippen LogP contribution is 2.11. The van der Waals surface area contributed by atoms with E-state index in [2.05, 4.69) is 191 Å². The Kier molecular flexibility index (Phi) is 55.1. The monoisotopic (exact) mass is 1000 g/mol. The Hall–Kier alpha value is -5.23. The highest BCUT2D eigenvalue weighted by Gasteiger charge is 2.19. The van der Waals surface area contributed by atoms with Crippen LogP contribution in [-0.2, 0) is 28.6 Å². The Balaban J connectivity index is 4.64. The molecular weight excluding hydrogens is 901 g/mol. The summed E-state index contributed by atoms with van der Waals surface area (Å²) in [5.74, 6) is -1.07. The topological polar surface area (TPSA) is 78.9 Å². The van der Waals surface area contributed by atoms with E-state index in [4.69, 9.17) is 14.2 Å². The summed E-state index contributed by atoms with van der Waals surface area (Å²) in [6.45, 7) is 6.26. The van der Waals surface area contributed by atoms with Crippen molar-refractivity contribution in [1.82, 2.24) is 0 Å². The fourth-order valence-electron chi connectivity index (χ4n) is 6.96. The standard InChI is InChI=1S/C67H102O6/c1-4-7-10-13-16-19-22-25-28-31-33-36-39-42-45-48-51-54-57-60-66(69)72-63-64(62-71-65(68)59-56-53-50-47-44-41-38-35-30-27-24-21-18-15-12-9-6-3)73-67(70)61-58-55-52-49-46-43-40-37-34-32-29-26-23-20-17-14-11-8-5-2/h8-9,11-12,16-21,25-30,33-34,36-38,41-43,45-47,50,64H,4-7,10,13-15,22-24,31-32,35,39-40,44,48-49,51-63H2,1-3H3/b11-8-,12-9-,19-16-,20-17-,21-18-,28-25-,29-26-,30-27-,36-33-,37-34-,41-38-,45-42-,46-43-,50-47-/t64-/m1/s1. The molecule has 0 aliphatic rings. The van der Waals surface area contributed by atoms with Gasteiger partial charge in [-0.1, -0.05) is 217 Å². The Morgan fingerprint density at radius 1 is 0.288 bits per heavy atom. The Labute approximate surface area is 447 Å². The predicted octanol–water partition coefficient (Wildman–Crippen LogP) is 19.5. The second kappa shape index (κ2) is 59.3. The zero-order valence-electron chi connectivity index (χ0n) is 46.3. The first-order chi connectivity index (χ1) is 36.0. The number of rotatable bonds is 49. The smallest absolute Gasteiger partial charge is 0.306 e. The van der Waals surface area contributed by atoms with E-state index >= 15 is 0 Å². The number of hydrogen-bond acceptors (Lipinski definition) is 6. The van der Waals surface area contributed by atoms with Gasteiger partial charge in [0.2, 0.25) is 0 Å². The van der Waals surface area contributed by atoms with Gasteiger partial charge in [-0.3, -0.25) is 14.4 Å². The number of carbonyl (C=O) groups excluding carboxylic acids is 3. The van der Waals surface area contributed by atoms with Crippen LogP contribution in [0.2, 0.25) is 0 Å². The largest absolute Gasteiger partial charge is 0.462 e. The van der Waals surface area contributed by atoms with E-state index in [1.165, 1.54) is 25.7 Å². The van der Waals surface area contributed by atoms with Gasteiger partial charge in [-0.15, -0.1) is 0 Å². The quantitative estimate of drug-likeness (QED) is 0.0261. The molecule has 0 saturated carbocycles. The number of hydrogen-bond donors (Lipinski definition) is 0. The van der Waals surface area contributed by atoms with Crippen molar-refractivity contribution in [2.45, 2.75) is 219 Å². The van der Waals surface area contributed by atoms with Gasteiger partial charge in [-0.25, -0.2) is 0 Å². The molecule has 1 atom stereocenters. The molecular formula is C67H102O6. The summed E-state index contributed by atoms with van der Waals surface area (Å²) in [7, 11) is 0. The van der Waals surface area contributed by atoms with Crippen molar-refractivity contribution in [3.05, 3.63) is 170 Å². The molecule has 0 amide bonds. The second-order valence-electron chi connectivity index (χ2n) is 18.1. The fourth-order valence-corrected chi connectivity index (χ4v) is 6.96. The third-order valence-corrected chi connectivity index (χ3v) is 11.2. The van der Waals surface area contributed by atoms with Gasteiger partial charge in [-0.05, 0) is 148 Å². The first kappa shape index (κ1) is 67.8. The molecule has 0 aliphatic carbocycles. The molecule has 0 radical (unpaired) electrons. The van der Waals surface area contributed by atoms with Crippen molar-refractivity contribution >= 4 is 17.9 Å². The summed E-state index contributed by atoms with van der Waals surface area (Å²) in [6.07, 6.45) is 87.7. The number of allylic oxidation sites excluding steroid dienone is 28. The number of unbranched alkanes of at least 4 members (excludes halogenated alkanes) is 10. The number of esters is 3. The lowest BCUT2D eigenvalue weighted by Crippen LogP contribution is -2.30. The Morgan fingerprint density at radius 3 is 0.863 bits per heavy atom. The van der Waals surface area contributed by atoms with Crippen molar-refractivity contribution in [2.24, 2.45) is 0 Å². The van der Waals surface area contributed by atoms with E-state index in [0.29, 0.717) is 19.3 Å². The maximum atomic E-state index is 12.9. The summed E-state index contributed by atoms with van der Waals surface area (Å²) in [6, 6.07) is 0. The van der Waals surface area contributed by atoms with Gasteiger partial charge in [0.25, 0.3) is 0 Å². The summed E-state index contributed by atoms with van der Waals surface area (Å²) in [5, 5.41) is 0. The molecule has 0 aliphatic heterocycles. The molecule has 0 aromatic carbocycles. The maximum Gasteiger partial charge on any atom is 0.306 e. The molecule has 0 fully saturated rings. The molecule has 0 unspecified atom stereocenters.